The number of carbonyl (C=O) groups excluding carboxylic acids is 4. The highest BCUT2D eigenvalue weighted by Gasteiger charge is 2.43. The number of hydrogen-bond donors (Lipinski definition) is 1. The number of hydrogen-bond acceptors (Lipinski definition) is 6. The van der Waals surface area contributed by atoms with Gasteiger partial charge in [-0.1, -0.05) is 56.3 Å². The summed E-state index contributed by atoms with van der Waals surface area (Å²) in [5.41, 5.74) is 2.32. The van der Waals surface area contributed by atoms with E-state index in [0.29, 0.717) is 10.6 Å². The summed E-state index contributed by atoms with van der Waals surface area (Å²) < 4.78 is 5.03. The van der Waals surface area contributed by atoms with Gasteiger partial charge in [0.05, 0.1) is 18.2 Å². The van der Waals surface area contributed by atoms with Crippen LogP contribution < -0.4 is 5.32 Å². The molecule has 2 aromatic carbocycles. The average Bonchev–Trinajstić information content (AvgIpc) is 3.30. The molecular weight excluding hydrogens is 464 g/mol. The number of thiophene rings is 1. The van der Waals surface area contributed by atoms with Crippen molar-refractivity contribution in [1.82, 2.24) is 4.90 Å². The molecule has 1 aliphatic heterocycles. The largest absolute Gasteiger partial charge is 0.465 e. The minimum Gasteiger partial charge on any atom is -0.465 e. The quantitative estimate of drug-likeness (QED) is 0.365. The summed E-state index contributed by atoms with van der Waals surface area (Å²) in [4.78, 5) is 54.5. The number of amides is 3. The Morgan fingerprint density at radius 1 is 0.971 bits per heavy atom. The molecule has 8 heteroatoms. The number of esters is 1. The molecule has 35 heavy (non-hydrogen) atoms. The van der Waals surface area contributed by atoms with Crippen molar-refractivity contribution in [2.75, 3.05) is 12.4 Å². The van der Waals surface area contributed by atoms with E-state index in [1.54, 1.807) is 24.3 Å². The molecule has 0 aliphatic carbocycles. The van der Waals surface area contributed by atoms with Gasteiger partial charge in [-0.2, -0.15) is 0 Å². The summed E-state index contributed by atoms with van der Waals surface area (Å²) >= 11 is 1.25. The lowest BCUT2D eigenvalue weighted by Crippen LogP contribution is -2.48. The molecule has 3 aromatic rings. The molecule has 0 radical (unpaired) electrons. The predicted octanol–water partition coefficient (Wildman–Crippen LogP) is 5.16. The van der Waals surface area contributed by atoms with Gasteiger partial charge in [-0.15, -0.1) is 11.3 Å². The van der Waals surface area contributed by atoms with Gasteiger partial charge >= 0.3 is 5.97 Å². The Kier molecular flexibility index (Phi) is 6.84. The van der Waals surface area contributed by atoms with E-state index in [0.717, 1.165) is 15.3 Å². The SMILES string of the molecule is COC(=O)c1c(NC(=O)C(CC(C)C)N2C(=O)c3ccccc3C2=O)sc(C)c1-c1ccccc1. The van der Waals surface area contributed by atoms with Gasteiger partial charge in [-0.3, -0.25) is 19.3 Å². The third-order valence-corrected chi connectivity index (χ3v) is 6.93. The van der Waals surface area contributed by atoms with Gasteiger partial charge in [0.1, 0.15) is 16.6 Å². The van der Waals surface area contributed by atoms with E-state index in [4.69, 9.17) is 4.74 Å². The number of benzene rings is 2. The molecule has 1 unspecified atom stereocenters. The van der Waals surface area contributed by atoms with Crippen LogP contribution in [-0.4, -0.2) is 41.7 Å². The van der Waals surface area contributed by atoms with Crippen molar-refractivity contribution >= 4 is 40.0 Å². The fraction of sp³-hybridized carbons (Fsp3) is 0.259. The topological polar surface area (TPSA) is 92.8 Å². The monoisotopic (exact) mass is 490 g/mol. The Morgan fingerprint density at radius 2 is 1.54 bits per heavy atom. The maximum atomic E-state index is 13.6. The van der Waals surface area contributed by atoms with Crippen LogP contribution in [0, 0.1) is 12.8 Å². The number of anilines is 1. The van der Waals surface area contributed by atoms with Crippen molar-refractivity contribution in [3.63, 3.8) is 0 Å². The molecule has 0 spiro atoms. The number of fused-ring (bicyclic) bond motifs is 1. The van der Waals surface area contributed by atoms with Crippen LogP contribution >= 0.6 is 11.3 Å². The Bertz CT molecular complexity index is 1280. The fourth-order valence-electron chi connectivity index (χ4n) is 4.34. The zero-order valence-electron chi connectivity index (χ0n) is 20.0. The first-order valence-corrected chi connectivity index (χ1v) is 12.1. The van der Waals surface area contributed by atoms with Crippen LogP contribution in [0.2, 0.25) is 0 Å². The Morgan fingerprint density at radius 3 is 2.09 bits per heavy atom. The second kappa shape index (κ2) is 9.84. The van der Waals surface area contributed by atoms with Crippen molar-refractivity contribution in [2.24, 2.45) is 5.92 Å². The van der Waals surface area contributed by atoms with Crippen molar-refractivity contribution in [2.45, 2.75) is 33.2 Å². The number of aryl methyl sites for hydroxylation is 1. The molecule has 1 N–H and O–H groups in total. The van der Waals surface area contributed by atoms with Crippen LogP contribution in [0.25, 0.3) is 11.1 Å². The normalized spacial score (nSPS) is 13.7. The van der Waals surface area contributed by atoms with Crippen LogP contribution in [0.4, 0.5) is 5.00 Å². The number of imide groups is 1. The molecule has 0 saturated carbocycles. The summed E-state index contributed by atoms with van der Waals surface area (Å²) in [6.07, 6.45) is 0.279. The van der Waals surface area contributed by atoms with Gasteiger partial charge in [0.2, 0.25) is 5.91 Å². The van der Waals surface area contributed by atoms with Gasteiger partial charge in [0, 0.05) is 10.4 Å². The van der Waals surface area contributed by atoms with Crippen LogP contribution in [0.5, 0.6) is 0 Å². The number of rotatable bonds is 7. The first-order valence-electron chi connectivity index (χ1n) is 11.3. The van der Waals surface area contributed by atoms with Gasteiger partial charge in [0.15, 0.2) is 0 Å². The first-order chi connectivity index (χ1) is 16.7. The lowest BCUT2D eigenvalue weighted by atomic mass is 10.0. The molecule has 1 atom stereocenters. The number of nitrogens with zero attached hydrogens (tertiary/aromatic N) is 1. The zero-order chi connectivity index (χ0) is 25.3. The maximum absolute atomic E-state index is 13.6. The lowest BCUT2D eigenvalue weighted by molar-refractivity contribution is -0.120. The van der Waals surface area contributed by atoms with E-state index in [9.17, 15) is 19.2 Å². The third-order valence-electron chi connectivity index (χ3n) is 5.91. The number of carbonyl (C=O) groups is 4. The molecule has 0 bridgehead atoms. The number of ether oxygens (including phenoxy) is 1. The summed E-state index contributed by atoms with van der Waals surface area (Å²) in [5.74, 6) is -2.07. The molecule has 2 heterocycles. The highest BCUT2D eigenvalue weighted by atomic mass is 32.1. The Labute approximate surface area is 207 Å². The van der Waals surface area contributed by atoms with Gasteiger partial charge in [-0.05, 0) is 37.0 Å². The number of methoxy groups -OCH3 is 1. The summed E-state index contributed by atoms with van der Waals surface area (Å²) in [6.45, 7) is 5.70. The summed E-state index contributed by atoms with van der Waals surface area (Å²) in [5, 5.41) is 3.16. The fourth-order valence-corrected chi connectivity index (χ4v) is 5.41. The van der Waals surface area contributed by atoms with Crippen LogP contribution in [0.1, 0.15) is 56.2 Å². The van der Waals surface area contributed by atoms with E-state index in [1.165, 1.54) is 18.4 Å². The van der Waals surface area contributed by atoms with Crippen LogP contribution in [-0.2, 0) is 9.53 Å². The molecule has 180 valence electrons. The second-order valence-electron chi connectivity index (χ2n) is 8.76. The first kappa shape index (κ1) is 24.3. The molecule has 3 amide bonds. The van der Waals surface area contributed by atoms with Gasteiger partial charge in [-0.25, -0.2) is 4.79 Å². The van der Waals surface area contributed by atoms with Crippen LogP contribution in [0.3, 0.4) is 0 Å². The standard InChI is InChI=1S/C27H26N2O5S/c1-15(2)14-20(29-25(31)18-12-8-9-13-19(18)26(29)32)23(30)28-24-22(27(33)34-4)21(16(3)35-24)17-10-6-5-7-11-17/h5-13,15,20H,14H2,1-4H3,(H,28,30). The molecule has 4 rings (SSSR count). The van der Waals surface area contributed by atoms with Crippen LogP contribution in [0.15, 0.2) is 54.6 Å². The molecule has 0 fully saturated rings. The van der Waals surface area contributed by atoms with E-state index in [2.05, 4.69) is 5.32 Å². The van der Waals surface area contributed by atoms with Crippen molar-refractivity contribution in [3.05, 3.63) is 76.2 Å². The molecule has 0 saturated heterocycles. The smallest absolute Gasteiger partial charge is 0.341 e. The minimum absolute atomic E-state index is 0.0279. The summed E-state index contributed by atoms with van der Waals surface area (Å²) in [6, 6.07) is 14.9. The summed E-state index contributed by atoms with van der Waals surface area (Å²) in [7, 11) is 1.29. The number of nitrogens with one attached hydrogen (secondary N) is 1. The lowest BCUT2D eigenvalue weighted by Gasteiger charge is -2.26. The van der Waals surface area contributed by atoms with E-state index < -0.39 is 29.7 Å². The van der Waals surface area contributed by atoms with E-state index in [1.807, 2.05) is 51.1 Å². The van der Waals surface area contributed by atoms with Crippen molar-refractivity contribution < 1.29 is 23.9 Å². The second-order valence-corrected chi connectivity index (χ2v) is 9.98. The van der Waals surface area contributed by atoms with E-state index in [-0.39, 0.29) is 29.0 Å². The molecule has 7 nitrogen and oxygen atoms in total. The van der Waals surface area contributed by atoms with E-state index >= 15 is 0 Å². The van der Waals surface area contributed by atoms with Gasteiger partial charge in [0.25, 0.3) is 11.8 Å². The predicted molar refractivity (Wildman–Crippen MR) is 135 cm³/mol. The molecule has 1 aromatic heterocycles. The minimum atomic E-state index is -1.03. The van der Waals surface area contributed by atoms with Crippen molar-refractivity contribution in [3.8, 4) is 11.1 Å². The Hall–Kier alpha value is -3.78. The highest BCUT2D eigenvalue weighted by molar-refractivity contribution is 7.17. The maximum Gasteiger partial charge on any atom is 0.341 e. The average molecular weight is 491 g/mol. The molecule has 1 aliphatic rings. The van der Waals surface area contributed by atoms with Gasteiger partial charge < -0.3 is 10.1 Å². The zero-order valence-corrected chi connectivity index (χ0v) is 20.8. The third kappa shape index (κ3) is 4.49. The Balaban J connectivity index is 1.73. The molecular formula is C27H26N2O5S. The highest BCUT2D eigenvalue weighted by Crippen LogP contribution is 2.40. The van der Waals surface area contributed by atoms with Crippen molar-refractivity contribution in [1.29, 1.82) is 0 Å².